The summed E-state index contributed by atoms with van der Waals surface area (Å²) in [6, 6.07) is 10.6. The van der Waals surface area contributed by atoms with Gasteiger partial charge >= 0.3 is 7.12 Å². The van der Waals surface area contributed by atoms with Gasteiger partial charge < -0.3 is 21.1 Å². The fourth-order valence-electron chi connectivity index (χ4n) is 3.17. The monoisotopic (exact) mass is 392 g/mol. The van der Waals surface area contributed by atoms with Gasteiger partial charge in [0.2, 0.25) is 5.91 Å². The maximum absolute atomic E-state index is 12.4. The van der Waals surface area contributed by atoms with Crippen LogP contribution in [0.4, 0.5) is 11.5 Å². The number of rotatable bonds is 6. The summed E-state index contributed by atoms with van der Waals surface area (Å²) in [4.78, 5) is 12.4. The first-order chi connectivity index (χ1) is 13.8. The zero-order chi connectivity index (χ0) is 21.1. The summed E-state index contributed by atoms with van der Waals surface area (Å²) in [5.74, 6) is 0.699. The van der Waals surface area contributed by atoms with Crippen molar-refractivity contribution in [1.29, 1.82) is 0 Å². The number of hydrogen-bond donors (Lipinski definition) is 4. The van der Waals surface area contributed by atoms with E-state index in [1.54, 1.807) is 18.2 Å². The molecule has 1 amide bonds. The third kappa shape index (κ3) is 4.72. The third-order valence-corrected chi connectivity index (χ3v) is 4.87. The van der Waals surface area contributed by atoms with Crippen LogP contribution in [0.15, 0.2) is 36.4 Å². The topological polar surface area (TPSA) is 121 Å². The maximum atomic E-state index is 12.4. The van der Waals surface area contributed by atoms with Gasteiger partial charge in [0.1, 0.15) is 0 Å². The number of nitrogens with two attached hydrogens (primary N) is 1. The second kappa shape index (κ2) is 8.59. The van der Waals surface area contributed by atoms with Crippen LogP contribution in [0.25, 0.3) is 21.9 Å². The van der Waals surface area contributed by atoms with E-state index in [0.717, 1.165) is 28.5 Å². The predicted molar refractivity (Wildman–Crippen MR) is 117 cm³/mol. The highest BCUT2D eigenvalue weighted by atomic mass is 16.4. The SMILES string of the molecule is Cc1nnc(N)c2ccc(-c3cc(B(O)O)ccc3NC(=O)CCC(C)C)cc12. The van der Waals surface area contributed by atoms with Gasteiger partial charge in [0, 0.05) is 28.4 Å². The van der Waals surface area contributed by atoms with Crippen LogP contribution in [-0.4, -0.2) is 33.3 Å². The van der Waals surface area contributed by atoms with Gasteiger partial charge in [0.15, 0.2) is 5.82 Å². The lowest BCUT2D eigenvalue weighted by Crippen LogP contribution is -2.30. The van der Waals surface area contributed by atoms with E-state index in [1.807, 2.05) is 25.1 Å². The molecular weight excluding hydrogens is 367 g/mol. The van der Waals surface area contributed by atoms with Crippen molar-refractivity contribution >= 4 is 40.8 Å². The number of aromatic nitrogens is 2. The molecule has 0 unspecified atom stereocenters. The van der Waals surface area contributed by atoms with Gasteiger partial charge in [-0.2, -0.15) is 5.10 Å². The smallest absolute Gasteiger partial charge is 0.423 e. The van der Waals surface area contributed by atoms with Gasteiger partial charge in [-0.25, -0.2) is 0 Å². The molecule has 0 spiro atoms. The Balaban J connectivity index is 2.06. The Morgan fingerprint density at radius 3 is 2.59 bits per heavy atom. The summed E-state index contributed by atoms with van der Waals surface area (Å²) in [6.45, 7) is 5.99. The van der Waals surface area contributed by atoms with Crippen LogP contribution in [0, 0.1) is 12.8 Å². The van der Waals surface area contributed by atoms with Crippen molar-refractivity contribution in [2.45, 2.75) is 33.6 Å². The van der Waals surface area contributed by atoms with E-state index in [9.17, 15) is 14.8 Å². The van der Waals surface area contributed by atoms with Gasteiger partial charge in [0.25, 0.3) is 0 Å². The van der Waals surface area contributed by atoms with Gasteiger partial charge in [0.05, 0.1) is 5.69 Å². The molecule has 0 saturated carbocycles. The Kier molecular flexibility index (Phi) is 6.15. The number of nitrogens with zero attached hydrogens (tertiary/aromatic N) is 2. The molecule has 29 heavy (non-hydrogen) atoms. The van der Waals surface area contributed by atoms with Crippen LogP contribution in [0.5, 0.6) is 0 Å². The summed E-state index contributed by atoms with van der Waals surface area (Å²) < 4.78 is 0. The quantitative estimate of drug-likeness (QED) is 0.478. The van der Waals surface area contributed by atoms with Gasteiger partial charge in [-0.1, -0.05) is 32.0 Å². The average molecular weight is 392 g/mol. The summed E-state index contributed by atoms with van der Waals surface area (Å²) in [6.07, 6.45) is 1.21. The molecule has 7 nitrogen and oxygen atoms in total. The van der Waals surface area contributed by atoms with Crippen molar-refractivity contribution in [2.75, 3.05) is 11.1 Å². The van der Waals surface area contributed by atoms with Crippen molar-refractivity contribution in [1.82, 2.24) is 10.2 Å². The zero-order valence-corrected chi connectivity index (χ0v) is 16.8. The Morgan fingerprint density at radius 2 is 1.90 bits per heavy atom. The van der Waals surface area contributed by atoms with Crippen LogP contribution >= 0.6 is 0 Å². The molecule has 150 valence electrons. The molecule has 0 fully saturated rings. The van der Waals surface area contributed by atoms with Crippen LogP contribution in [0.2, 0.25) is 0 Å². The fourth-order valence-corrected chi connectivity index (χ4v) is 3.17. The number of fused-ring (bicyclic) bond motifs is 1. The Labute approximate surface area is 170 Å². The molecule has 8 heteroatoms. The van der Waals surface area contributed by atoms with Crippen LogP contribution in [-0.2, 0) is 4.79 Å². The molecule has 3 aromatic rings. The van der Waals surface area contributed by atoms with Crippen molar-refractivity contribution in [3.05, 3.63) is 42.1 Å². The highest BCUT2D eigenvalue weighted by Crippen LogP contribution is 2.32. The largest absolute Gasteiger partial charge is 0.488 e. The molecule has 1 aromatic heterocycles. The van der Waals surface area contributed by atoms with Crippen molar-refractivity contribution in [3.63, 3.8) is 0 Å². The van der Waals surface area contributed by atoms with Crippen molar-refractivity contribution in [2.24, 2.45) is 5.92 Å². The van der Waals surface area contributed by atoms with Crippen LogP contribution < -0.4 is 16.5 Å². The van der Waals surface area contributed by atoms with E-state index in [-0.39, 0.29) is 5.91 Å². The summed E-state index contributed by atoms with van der Waals surface area (Å²) in [7, 11) is -1.61. The predicted octanol–water partition coefficient (Wildman–Crippen LogP) is 2.24. The minimum atomic E-state index is -1.61. The first kappa shape index (κ1) is 20.8. The summed E-state index contributed by atoms with van der Waals surface area (Å²) in [5.41, 5.74) is 9.10. The van der Waals surface area contributed by atoms with E-state index in [0.29, 0.717) is 34.9 Å². The Bertz CT molecular complexity index is 1050. The molecule has 3 rings (SSSR count). The van der Waals surface area contributed by atoms with Crippen LogP contribution in [0.3, 0.4) is 0 Å². The van der Waals surface area contributed by atoms with Gasteiger partial charge in [-0.15, -0.1) is 5.10 Å². The number of anilines is 2. The van der Waals surface area contributed by atoms with Gasteiger partial charge in [-0.3, -0.25) is 4.79 Å². The summed E-state index contributed by atoms with van der Waals surface area (Å²) >= 11 is 0. The second-order valence-corrected chi connectivity index (χ2v) is 7.59. The number of carbonyl (C=O) groups is 1. The first-order valence-electron chi connectivity index (χ1n) is 9.59. The Hall–Kier alpha value is -2.97. The lowest BCUT2D eigenvalue weighted by Gasteiger charge is -2.15. The second-order valence-electron chi connectivity index (χ2n) is 7.59. The summed E-state index contributed by atoms with van der Waals surface area (Å²) in [5, 5.41) is 31.8. The maximum Gasteiger partial charge on any atom is 0.488 e. The molecule has 0 radical (unpaired) electrons. The lowest BCUT2D eigenvalue weighted by molar-refractivity contribution is -0.116. The highest BCUT2D eigenvalue weighted by molar-refractivity contribution is 6.58. The molecule has 2 aromatic carbocycles. The van der Waals surface area contributed by atoms with Gasteiger partial charge in [-0.05, 0) is 48.5 Å². The minimum Gasteiger partial charge on any atom is -0.423 e. The minimum absolute atomic E-state index is 0.0793. The van der Waals surface area contributed by atoms with Crippen molar-refractivity contribution in [3.8, 4) is 11.1 Å². The Morgan fingerprint density at radius 1 is 1.14 bits per heavy atom. The number of aryl methyl sites for hydroxylation is 1. The van der Waals surface area contributed by atoms with Crippen LogP contribution in [0.1, 0.15) is 32.4 Å². The number of benzene rings is 2. The van der Waals surface area contributed by atoms with E-state index >= 15 is 0 Å². The molecule has 0 aliphatic rings. The number of nitrogens with one attached hydrogen (secondary N) is 1. The standard InChI is InChI=1S/C21H25BN4O3/c1-12(2)4-9-20(27)24-19-8-6-15(22(28)29)11-18(19)14-5-7-16-17(10-14)13(3)25-26-21(16)23/h5-8,10-12,28-29H,4,9H2,1-3H3,(H2,23,26)(H,24,27). The molecule has 1 heterocycles. The molecule has 0 bridgehead atoms. The lowest BCUT2D eigenvalue weighted by atomic mass is 9.78. The average Bonchev–Trinajstić information content (AvgIpc) is 2.69. The molecule has 5 N–H and O–H groups in total. The van der Waals surface area contributed by atoms with E-state index < -0.39 is 7.12 Å². The third-order valence-electron chi connectivity index (χ3n) is 4.87. The normalized spacial score (nSPS) is 11.1. The number of nitrogen functional groups attached to an aromatic ring is 1. The highest BCUT2D eigenvalue weighted by Gasteiger charge is 2.17. The molecular formula is C21H25BN4O3. The molecule has 0 aliphatic carbocycles. The van der Waals surface area contributed by atoms with Crippen molar-refractivity contribution < 1.29 is 14.8 Å². The number of hydrogen-bond acceptors (Lipinski definition) is 6. The molecule has 0 aliphatic heterocycles. The number of carbonyl (C=O) groups excluding carboxylic acids is 1. The van der Waals surface area contributed by atoms with E-state index in [4.69, 9.17) is 5.73 Å². The molecule has 0 saturated heterocycles. The number of amides is 1. The fraction of sp³-hybridized carbons (Fsp3) is 0.286. The first-order valence-corrected chi connectivity index (χ1v) is 9.59. The zero-order valence-electron chi connectivity index (χ0n) is 16.8. The van der Waals surface area contributed by atoms with E-state index in [1.165, 1.54) is 0 Å². The van der Waals surface area contributed by atoms with E-state index in [2.05, 4.69) is 29.4 Å². The molecule has 0 atom stereocenters.